The van der Waals surface area contributed by atoms with Crippen molar-refractivity contribution in [1.29, 1.82) is 0 Å². The number of carbonyl (C=O) groups excluding carboxylic acids is 1. The number of fused-ring (bicyclic) bond motifs is 1. The summed E-state index contributed by atoms with van der Waals surface area (Å²) in [5.74, 6) is 1.25. The number of aryl methyl sites for hydroxylation is 2. The van der Waals surface area contributed by atoms with Crippen LogP contribution < -0.4 is 20.5 Å². The van der Waals surface area contributed by atoms with Crippen molar-refractivity contribution in [2.24, 2.45) is 10.7 Å². The Bertz CT molecular complexity index is 964. The maximum atomic E-state index is 12.4. The van der Waals surface area contributed by atoms with E-state index >= 15 is 0 Å². The van der Waals surface area contributed by atoms with Gasteiger partial charge in [0.1, 0.15) is 5.82 Å². The number of nitrogens with two attached hydrogens (primary N) is 1. The first-order valence-corrected chi connectivity index (χ1v) is 8.27. The third kappa shape index (κ3) is 3.98. The Kier molecular flexibility index (Phi) is 5.21. The lowest BCUT2D eigenvalue weighted by molar-refractivity contribution is 0.0964. The molecule has 27 heavy (non-hydrogen) atoms. The van der Waals surface area contributed by atoms with Crippen LogP contribution in [-0.2, 0) is 0 Å². The monoisotopic (exact) mass is 364 g/mol. The number of carbonyl (C=O) groups is 1. The van der Waals surface area contributed by atoms with Gasteiger partial charge < -0.3 is 20.5 Å². The molecule has 3 rings (SSSR count). The smallest absolute Gasteiger partial charge is 0.258 e. The van der Waals surface area contributed by atoms with Gasteiger partial charge in [-0.15, -0.1) is 0 Å². The number of pyridine rings is 1. The quantitative estimate of drug-likeness (QED) is 0.795. The first-order valence-electron chi connectivity index (χ1n) is 8.27. The molecule has 0 saturated carbocycles. The van der Waals surface area contributed by atoms with Gasteiger partial charge >= 0.3 is 0 Å². The maximum absolute atomic E-state index is 12.4. The molecular formula is C20H20N4O3. The fourth-order valence-electron chi connectivity index (χ4n) is 2.61. The molecule has 1 aromatic heterocycles. The van der Waals surface area contributed by atoms with Crippen LogP contribution in [0.1, 0.15) is 27.0 Å². The molecule has 1 aromatic carbocycles. The Hall–Kier alpha value is -3.61. The van der Waals surface area contributed by atoms with E-state index in [0.29, 0.717) is 22.6 Å². The van der Waals surface area contributed by atoms with Gasteiger partial charge in [-0.2, -0.15) is 0 Å². The van der Waals surface area contributed by atoms with Crippen molar-refractivity contribution in [2.45, 2.75) is 13.8 Å². The van der Waals surface area contributed by atoms with Crippen molar-refractivity contribution < 1.29 is 14.3 Å². The van der Waals surface area contributed by atoms with E-state index in [9.17, 15) is 4.79 Å². The summed E-state index contributed by atoms with van der Waals surface area (Å²) in [6.07, 6.45) is 5.89. The van der Waals surface area contributed by atoms with E-state index in [0.717, 1.165) is 16.7 Å². The molecule has 0 saturated heterocycles. The van der Waals surface area contributed by atoms with Crippen molar-refractivity contribution in [2.75, 3.05) is 6.79 Å². The van der Waals surface area contributed by atoms with Gasteiger partial charge in [-0.05, 0) is 54.3 Å². The zero-order valence-corrected chi connectivity index (χ0v) is 15.2. The van der Waals surface area contributed by atoms with Gasteiger partial charge in [0.15, 0.2) is 11.5 Å². The van der Waals surface area contributed by atoms with E-state index in [1.54, 1.807) is 18.5 Å². The summed E-state index contributed by atoms with van der Waals surface area (Å²) in [6.45, 7) is 8.02. The van der Waals surface area contributed by atoms with Crippen LogP contribution in [0, 0.1) is 13.8 Å². The molecule has 7 heteroatoms. The van der Waals surface area contributed by atoms with E-state index in [1.165, 1.54) is 12.4 Å². The molecule has 0 aliphatic carbocycles. The Morgan fingerprint density at radius 1 is 1.26 bits per heavy atom. The van der Waals surface area contributed by atoms with E-state index < -0.39 is 0 Å². The topological polar surface area (TPSA) is 98.8 Å². The summed E-state index contributed by atoms with van der Waals surface area (Å²) < 4.78 is 10.8. The third-order valence-corrected chi connectivity index (χ3v) is 4.11. The number of rotatable bonds is 5. The third-order valence-electron chi connectivity index (χ3n) is 4.11. The number of hydrogen-bond donors (Lipinski definition) is 2. The van der Waals surface area contributed by atoms with E-state index in [-0.39, 0.29) is 18.5 Å². The molecule has 2 aromatic rings. The highest BCUT2D eigenvalue weighted by Gasteiger charge is 2.16. The van der Waals surface area contributed by atoms with Crippen LogP contribution in [0.2, 0.25) is 0 Å². The lowest BCUT2D eigenvalue weighted by Crippen LogP contribution is -2.23. The average molecular weight is 364 g/mol. The Balaban J connectivity index is 1.73. The largest absolute Gasteiger partial charge is 0.454 e. The fraction of sp³-hybridized carbons (Fsp3) is 0.150. The fourth-order valence-corrected chi connectivity index (χ4v) is 2.61. The van der Waals surface area contributed by atoms with Gasteiger partial charge in [-0.25, -0.2) is 4.99 Å². The second-order valence-corrected chi connectivity index (χ2v) is 6.00. The van der Waals surface area contributed by atoms with E-state index in [1.807, 2.05) is 26.0 Å². The summed E-state index contributed by atoms with van der Waals surface area (Å²) in [7, 11) is 0. The SMILES string of the molecule is C=C(/C=N\C(=C/N)NC(=O)c1cnccc1C)c1cc2c(cc1C)OCO2. The second-order valence-electron chi connectivity index (χ2n) is 6.00. The molecule has 0 fully saturated rings. The zero-order valence-electron chi connectivity index (χ0n) is 15.2. The van der Waals surface area contributed by atoms with Crippen LogP contribution in [0.15, 0.2) is 54.2 Å². The van der Waals surface area contributed by atoms with Gasteiger partial charge in [0.2, 0.25) is 6.79 Å². The highest BCUT2D eigenvalue weighted by molar-refractivity contribution is 6.10. The molecule has 7 nitrogen and oxygen atoms in total. The minimum Gasteiger partial charge on any atom is -0.454 e. The van der Waals surface area contributed by atoms with Crippen LogP contribution in [0.4, 0.5) is 0 Å². The molecule has 1 aliphatic heterocycles. The minimum atomic E-state index is -0.334. The highest BCUT2D eigenvalue weighted by Crippen LogP contribution is 2.36. The molecule has 0 spiro atoms. The molecule has 0 radical (unpaired) electrons. The Morgan fingerprint density at radius 3 is 2.70 bits per heavy atom. The van der Waals surface area contributed by atoms with Gasteiger partial charge in [0, 0.05) is 24.8 Å². The van der Waals surface area contributed by atoms with Gasteiger partial charge in [-0.1, -0.05) is 6.58 Å². The van der Waals surface area contributed by atoms with Crippen molar-refractivity contribution in [1.82, 2.24) is 10.3 Å². The summed E-state index contributed by atoms with van der Waals surface area (Å²) in [5.41, 5.74) is 9.35. The number of ether oxygens (including phenoxy) is 2. The zero-order chi connectivity index (χ0) is 19.4. The first-order chi connectivity index (χ1) is 13.0. The van der Waals surface area contributed by atoms with Crippen LogP contribution in [0.25, 0.3) is 5.57 Å². The minimum absolute atomic E-state index is 0.207. The van der Waals surface area contributed by atoms with Gasteiger partial charge in [0.25, 0.3) is 5.91 Å². The van der Waals surface area contributed by atoms with E-state index in [2.05, 4.69) is 21.9 Å². The van der Waals surface area contributed by atoms with Crippen molar-refractivity contribution >= 4 is 17.7 Å². The number of benzene rings is 1. The lowest BCUT2D eigenvalue weighted by Gasteiger charge is -2.09. The number of aliphatic imine (C=N–C) groups is 1. The van der Waals surface area contributed by atoms with Crippen molar-refractivity contribution in [3.05, 3.63) is 71.4 Å². The highest BCUT2D eigenvalue weighted by atomic mass is 16.7. The average Bonchev–Trinajstić information content (AvgIpc) is 3.11. The number of hydrogen-bond acceptors (Lipinski definition) is 6. The van der Waals surface area contributed by atoms with E-state index in [4.69, 9.17) is 15.2 Å². The summed E-state index contributed by atoms with van der Waals surface area (Å²) in [4.78, 5) is 20.6. The number of amides is 1. The number of nitrogens with zero attached hydrogens (tertiary/aromatic N) is 2. The second kappa shape index (κ2) is 7.74. The van der Waals surface area contributed by atoms with Crippen LogP contribution in [0.3, 0.4) is 0 Å². The summed E-state index contributed by atoms with van der Waals surface area (Å²) >= 11 is 0. The molecule has 0 atom stereocenters. The van der Waals surface area contributed by atoms with Crippen LogP contribution in [0.5, 0.6) is 11.5 Å². The molecule has 3 N–H and O–H groups in total. The molecule has 1 aliphatic rings. The molecule has 138 valence electrons. The number of nitrogens with one attached hydrogen (secondary N) is 1. The first kappa shape index (κ1) is 18.2. The normalized spacial score (nSPS) is 13.0. The van der Waals surface area contributed by atoms with Crippen molar-refractivity contribution in [3.63, 3.8) is 0 Å². The molecule has 0 bridgehead atoms. The standard InChI is InChI=1S/C20H20N4O3/c1-12-4-5-22-10-16(12)20(25)24-19(8-21)23-9-14(3)15-7-18-17(6-13(15)2)26-11-27-18/h4-10H,3,11,21H2,1-2H3,(H,24,25)/b19-8+,23-9-. The molecular weight excluding hydrogens is 344 g/mol. The lowest BCUT2D eigenvalue weighted by atomic mass is 10.0. The molecule has 2 heterocycles. The van der Waals surface area contributed by atoms with Gasteiger partial charge in [0.05, 0.1) is 5.56 Å². The summed E-state index contributed by atoms with van der Waals surface area (Å²) in [6, 6.07) is 5.51. The van der Waals surface area contributed by atoms with Gasteiger partial charge in [-0.3, -0.25) is 9.78 Å². The number of allylic oxidation sites excluding steroid dienone is 1. The van der Waals surface area contributed by atoms with Crippen LogP contribution >= 0.6 is 0 Å². The van der Waals surface area contributed by atoms with Crippen LogP contribution in [-0.4, -0.2) is 23.9 Å². The molecule has 1 amide bonds. The molecule has 0 unspecified atom stereocenters. The Morgan fingerprint density at radius 2 is 2.00 bits per heavy atom. The predicted molar refractivity (Wildman–Crippen MR) is 104 cm³/mol. The number of aromatic nitrogens is 1. The Labute approximate surface area is 157 Å². The summed E-state index contributed by atoms with van der Waals surface area (Å²) in [5, 5.41) is 2.66. The maximum Gasteiger partial charge on any atom is 0.258 e. The van der Waals surface area contributed by atoms with Crippen molar-refractivity contribution in [3.8, 4) is 11.5 Å². The predicted octanol–water partition coefficient (Wildman–Crippen LogP) is 2.70.